The lowest BCUT2D eigenvalue weighted by atomic mass is 10.1. The van der Waals surface area contributed by atoms with Crippen molar-refractivity contribution in [1.82, 2.24) is 4.57 Å². The van der Waals surface area contributed by atoms with Crippen LogP contribution in [0.5, 0.6) is 11.5 Å². The van der Waals surface area contributed by atoms with Gasteiger partial charge in [-0.15, -0.1) is 0 Å². The van der Waals surface area contributed by atoms with E-state index in [9.17, 15) is 9.59 Å². The molecule has 1 aliphatic rings. The van der Waals surface area contributed by atoms with Gasteiger partial charge in [0.25, 0.3) is 0 Å². The molecular formula is C14H12ClNO5. The van der Waals surface area contributed by atoms with E-state index in [0.717, 1.165) is 0 Å². The van der Waals surface area contributed by atoms with Crippen molar-refractivity contribution >= 4 is 28.7 Å². The van der Waals surface area contributed by atoms with Gasteiger partial charge in [-0.2, -0.15) is 0 Å². The molecular weight excluding hydrogens is 298 g/mol. The van der Waals surface area contributed by atoms with Gasteiger partial charge in [-0.25, -0.2) is 4.79 Å². The van der Waals surface area contributed by atoms with Crippen molar-refractivity contribution < 1.29 is 19.4 Å². The summed E-state index contributed by atoms with van der Waals surface area (Å²) in [5, 5.41) is 9.54. The van der Waals surface area contributed by atoms with Crippen molar-refractivity contribution in [3.05, 3.63) is 33.1 Å². The summed E-state index contributed by atoms with van der Waals surface area (Å²) in [5.74, 6) is 0.217. The minimum Gasteiger partial charge on any atom is -0.488 e. The van der Waals surface area contributed by atoms with Gasteiger partial charge in [0.1, 0.15) is 6.61 Å². The maximum Gasteiger partial charge on any atom is 0.511 e. The predicted octanol–water partition coefficient (Wildman–Crippen LogP) is 2.97. The number of halogens is 1. The third-order valence-corrected chi connectivity index (χ3v) is 3.79. The van der Waals surface area contributed by atoms with E-state index in [1.54, 1.807) is 17.6 Å². The molecule has 1 unspecified atom stereocenters. The lowest BCUT2D eigenvalue weighted by Crippen LogP contribution is -2.25. The summed E-state index contributed by atoms with van der Waals surface area (Å²) in [5.41, 5.74) is 0.726. The standard InChI is InChI=1S/C14H12ClNO5/c1-6-3-8(15)13-11-10(6)12(17)9(21-14(18)19)4-16(11)7(2)5-20-13/h3-4,7H,5H2,1-2H3,(H,18,19). The van der Waals surface area contributed by atoms with Crippen LogP contribution in [0.3, 0.4) is 0 Å². The first-order chi connectivity index (χ1) is 9.90. The first kappa shape index (κ1) is 13.8. The van der Waals surface area contributed by atoms with Crippen molar-refractivity contribution in [1.29, 1.82) is 0 Å². The van der Waals surface area contributed by atoms with Crippen LogP contribution in [0.4, 0.5) is 4.79 Å². The third kappa shape index (κ3) is 2.03. The number of aryl methyl sites for hydroxylation is 1. The Morgan fingerprint density at radius 3 is 2.95 bits per heavy atom. The van der Waals surface area contributed by atoms with Crippen LogP contribution in [-0.2, 0) is 0 Å². The minimum absolute atomic E-state index is 0.0744. The molecule has 0 fully saturated rings. The van der Waals surface area contributed by atoms with E-state index in [4.69, 9.17) is 21.4 Å². The van der Waals surface area contributed by atoms with E-state index in [2.05, 4.69) is 4.74 Å². The summed E-state index contributed by atoms with van der Waals surface area (Å²) in [4.78, 5) is 23.2. The second-order valence-corrected chi connectivity index (χ2v) is 5.39. The molecule has 1 N–H and O–H groups in total. The highest BCUT2D eigenvalue weighted by atomic mass is 35.5. The average molecular weight is 310 g/mol. The molecule has 3 rings (SSSR count). The predicted molar refractivity (Wildman–Crippen MR) is 76.8 cm³/mol. The van der Waals surface area contributed by atoms with E-state index in [1.165, 1.54) is 6.20 Å². The van der Waals surface area contributed by atoms with Crippen LogP contribution in [0, 0.1) is 6.92 Å². The Hall–Kier alpha value is -2.21. The molecule has 2 heterocycles. The monoisotopic (exact) mass is 309 g/mol. The Morgan fingerprint density at radius 1 is 1.57 bits per heavy atom. The van der Waals surface area contributed by atoms with Gasteiger partial charge in [-0.3, -0.25) is 4.79 Å². The van der Waals surface area contributed by atoms with Gasteiger partial charge in [-0.05, 0) is 25.5 Å². The van der Waals surface area contributed by atoms with Gasteiger partial charge in [0.05, 0.1) is 28.2 Å². The molecule has 6 nitrogen and oxygen atoms in total. The highest BCUT2D eigenvalue weighted by molar-refractivity contribution is 6.33. The Bertz CT molecular complexity index is 826. The lowest BCUT2D eigenvalue weighted by molar-refractivity contribution is 0.143. The topological polar surface area (TPSA) is 77.8 Å². The molecule has 1 aliphatic heterocycles. The second kappa shape index (κ2) is 4.66. The Morgan fingerprint density at radius 2 is 2.29 bits per heavy atom. The van der Waals surface area contributed by atoms with Gasteiger partial charge in [0.15, 0.2) is 11.5 Å². The molecule has 1 atom stereocenters. The van der Waals surface area contributed by atoms with Crippen LogP contribution >= 0.6 is 11.6 Å². The van der Waals surface area contributed by atoms with Crippen molar-refractivity contribution in [3.8, 4) is 11.5 Å². The molecule has 1 aromatic carbocycles. The first-order valence-electron chi connectivity index (χ1n) is 6.31. The molecule has 0 spiro atoms. The van der Waals surface area contributed by atoms with Crippen LogP contribution in [-0.4, -0.2) is 22.4 Å². The summed E-state index contributed by atoms with van der Waals surface area (Å²) < 4.78 is 12.0. The fourth-order valence-corrected chi connectivity index (χ4v) is 2.89. The summed E-state index contributed by atoms with van der Waals surface area (Å²) in [6.45, 7) is 4.01. The molecule has 7 heteroatoms. The molecule has 110 valence electrons. The van der Waals surface area contributed by atoms with E-state index in [0.29, 0.717) is 33.8 Å². The zero-order valence-electron chi connectivity index (χ0n) is 11.3. The summed E-state index contributed by atoms with van der Waals surface area (Å²) in [6.07, 6.45) is -0.128. The number of aromatic nitrogens is 1. The van der Waals surface area contributed by atoms with E-state index < -0.39 is 11.6 Å². The largest absolute Gasteiger partial charge is 0.511 e. The average Bonchev–Trinajstić information content (AvgIpc) is 2.39. The third-order valence-electron chi connectivity index (χ3n) is 3.51. The van der Waals surface area contributed by atoms with Crippen LogP contribution in [0.2, 0.25) is 5.02 Å². The molecule has 0 amide bonds. The fraction of sp³-hybridized carbons (Fsp3) is 0.286. The van der Waals surface area contributed by atoms with Crippen LogP contribution in [0.1, 0.15) is 18.5 Å². The number of hydrogen-bond acceptors (Lipinski definition) is 4. The van der Waals surface area contributed by atoms with Crippen LogP contribution < -0.4 is 14.9 Å². The van der Waals surface area contributed by atoms with E-state index in [1.807, 2.05) is 6.92 Å². The smallest absolute Gasteiger partial charge is 0.488 e. The molecule has 0 bridgehead atoms. The Labute approximate surface area is 124 Å². The Balaban J connectivity index is 2.47. The second-order valence-electron chi connectivity index (χ2n) is 4.99. The number of hydrogen-bond donors (Lipinski definition) is 1. The van der Waals surface area contributed by atoms with Crippen LogP contribution in [0.25, 0.3) is 10.9 Å². The van der Waals surface area contributed by atoms with E-state index >= 15 is 0 Å². The van der Waals surface area contributed by atoms with Gasteiger partial charge >= 0.3 is 6.16 Å². The SMILES string of the molecule is Cc1cc(Cl)c2c3c1c(=O)c(OC(=O)O)cn3C(C)CO2. The van der Waals surface area contributed by atoms with Gasteiger partial charge in [0.2, 0.25) is 5.43 Å². The summed E-state index contributed by atoms with van der Waals surface area (Å²) >= 11 is 6.17. The number of nitrogens with zero attached hydrogens (tertiary/aromatic N) is 1. The Kier molecular flexibility index (Phi) is 3.06. The molecule has 21 heavy (non-hydrogen) atoms. The molecule has 0 saturated carbocycles. The zero-order valence-corrected chi connectivity index (χ0v) is 12.1. The lowest BCUT2D eigenvalue weighted by Gasteiger charge is -2.28. The quantitative estimate of drug-likeness (QED) is 0.819. The zero-order chi connectivity index (χ0) is 15.3. The number of carboxylic acid groups (broad SMARTS) is 1. The molecule has 0 saturated heterocycles. The van der Waals surface area contributed by atoms with Gasteiger partial charge in [-0.1, -0.05) is 11.6 Å². The normalized spacial score (nSPS) is 16.6. The first-order valence-corrected chi connectivity index (χ1v) is 6.69. The van der Waals surface area contributed by atoms with Gasteiger partial charge in [0, 0.05) is 0 Å². The summed E-state index contributed by atoms with van der Waals surface area (Å²) in [6, 6.07) is 1.56. The van der Waals surface area contributed by atoms with Crippen molar-refractivity contribution in [2.75, 3.05) is 6.61 Å². The van der Waals surface area contributed by atoms with Crippen LogP contribution in [0.15, 0.2) is 17.1 Å². The highest BCUT2D eigenvalue weighted by Crippen LogP contribution is 2.39. The maximum absolute atomic E-state index is 12.4. The minimum atomic E-state index is -1.52. The molecule has 1 aromatic heterocycles. The van der Waals surface area contributed by atoms with Crippen molar-refractivity contribution in [2.24, 2.45) is 0 Å². The number of carbonyl (C=O) groups is 1. The van der Waals surface area contributed by atoms with Gasteiger partial charge < -0.3 is 19.1 Å². The molecule has 0 radical (unpaired) electrons. The van der Waals surface area contributed by atoms with E-state index in [-0.39, 0.29) is 11.8 Å². The number of benzene rings is 1. The maximum atomic E-state index is 12.4. The number of rotatable bonds is 1. The van der Waals surface area contributed by atoms with Crippen molar-refractivity contribution in [2.45, 2.75) is 19.9 Å². The number of ether oxygens (including phenoxy) is 2. The summed E-state index contributed by atoms with van der Waals surface area (Å²) in [7, 11) is 0. The number of pyridine rings is 1. The van der Waals surface area contributed by atoms with Crippen molar-refractivity contribution in [3.63, 3.8) is 0 Å². The highest BCUT2D eigenvalue weighted by Gasteiger charge is 2.26. The molecule has 2 aromatic rings. The molecule has 0 aliphatic carbocycles. The fourth-order valence-electron chi connectivity index (χ4n) is 2.58.